The Morgan fingerprint density at radius 2 is 1.86 bits per heavy atom. The topological polar surface area (TPSA) is 110 Å². The predicted octanol–water partition coefficient (Wildman–Crippen LogP) is 2.40. The second kappa shape index (κ2) is 7.39. The van der Waals surface area contributed by atoms with Crippen LogP contribution in [0.15, 0.2) is 62.2 Å². The number of methoxy groups -OCH3 is 1. The number of carbonyl (C=O) groups is 1. The number of para-hydroxylation sites is 2. The summed E-state index contributed by atoms with van der Waals surface area (Å²) in [4.78, 5) is 24.0. The number of carbonyl (C=O) groups excluding carboxylic acids is 1. The van der Waals surface area contributed by atoms with Crippen LogP contribution in [0.2, 0.25) is 0 Å². The van der Waals surface area contributed by atoms with Crippen LogP contribution in [0.4, 0.5) is 0 Å². The Labute approximate surface area is 158 Å². The van der Waals surface area contributed by atoms with Crippen molar-refractivity contribution in [3.63, 3.8) is 0 Å². The molecule has 0 unspecified atom stereocenters. The number of esters is 1. The van der Waals surface area contributed by atoms with Crippen molar-refractivity contribution in [3.8, 4) is 17.2 Å². The lowest BCUT2D eigenvalue weighted by Crippen LogP contribution is -2.21. The zero-order valence-corrected chi connectivity index (χ0v) is 14.8. The van der Waals surface area contributed by atoms with Crippen LogP contribution >= 0.6 is 0 Å². The highest BCUT2D eigenvalue weighted by Crippen LogP contribution is 2.21. The number of oxazole rings is 1. The van der Waals surface area contributed by atoms with Crippen LogP contribution in [0, 0.1) is 0 Å². The van der Waals surface area contributed by atoms with E-state index in [-0.39, 0.29) is 19.0 Å². The Kier molecular flexibility index (Phi) is 4.63. The van der Waals surface area contributed by atoms with Crippen molar-refractivity contribution in [1.29, 1.82) is 0 Å². The van der Waals surface area contributed by atoms with Gasteiger partial charge in [-0.2, -0.15) is 0 Å². The van der Waals surface area contributed by atoms with E-state index in [0.29, 0.717) is 28.3 Å². The average molecular weight is 381 g/mol. The fourth-order valence-electron chi connectivity index (χ4n) is 2.64. The molecule has 0 atom stereocenters. The lowest BCUT2D eigenvalue weighted by Gasteiger charge is -2.03. The zero-order chi connectivity index (χ0) is 19.5. The summed E-state index contributed by atoms with van der Waals surface area (Å²) in [5.74, 6) is -0.107. The number of hydrogen-bond acceptors (Lipinski definition) is 8. The quantitative estimate of drug-likeness (QED) is 0.468. The van der Waals surface area contributed by atoms with Gasteiger partial charge in [-0.3, -0.25) is 9.36 Å². The minimum absolute atomic E-state index is 0.142. The van der Waals surface area contributed by atoms with Crippen LogP contribution in [0.25, 0.3) is 22.6 Å². The van der Waals surface area contributed by atoms with Crippen molar-refractivity contribution >= 4 is 17.1 Å². The molecule has 0 fully saturated rings. The van der Waals surface area contributed by atoms with E-state index >= 15 is 0 Å². The van der Waals surface area contributed by atoms with Crippen molar-refractivity contribution in [2.75, 3.05) is 7.11 Å². The molecular weight excluding hydrogens is 366 g/mol. The first-order valence-electron chi connectivity index (χ1n) is 8.35. The molecule has 142 valence electrons. The fraction of sp³-hybridized carbons (Fsp3) is 0.158. The molecule has 2 aromatic carbocycles. The number of hydrogen-bond donors (Lipinski definition) is 0. The molecule has 9 nitrogen and oxygen atoms in total. The van der Waals surface area contributed by atoms with Crippen LogP contribution in [0.1, 0.15) is 5.89 Å². The molecule has 0 saturated carbocycles. The third-order valence-electron chi connectivity index (χ3n) is 4.02. The van der Waals surface area contributed by atoms with E-state index in [1.54, 1.807) is 55.6 Å². The third kappa shape index (κ3) is 3.50. The summed E-state index contributed by atoms with van der Waals surface area (Å²) in [6.45, 7) is -0.484. The molecule has 0 saturated heterocycles. The van der Waals surface area contributed by atoms with Crippen LogP contribution in [0.5, 0.6) is 5.75 Å². The zero-order valence-electron chi connectivity index (χ0n) is 14.8. The Morgan fingerprint density at radius 1 is 1.07 bits per heavy atom. The number of fused-ring (bicyclic) bond motifs is 1. The maximum Gasteiger partial charge on any atom is 0.420 e. The fourth-order valence-corrected chi connectivity index (χ4v) is 2.64. The molecule has 0 aliphatic carbocycles. The molecule has 9 heteroatoms. The number of aromatic nitrogens is 3. The van der Waals surface area contributed by atoms with Gasteiger partial charge in [0.1, 0.15) is 12.3 Å². The van der Waals surface area contributed by atoms with Crippen LogP contribution in [-0.4, -0.2) is 27.8 Å². The molecule has 28 heavy (non-hydrogen) atoms. The maximum absolute atomic E-state index is 12.1. The van der Waals surface area contributed by atoms with Crippen LogP contribution in [0.3, 0.4) is 0 Å². The molecular formula is C19H15N3O6. The third-order valence-corrected chi connectivity index (χ3v) is 4.02. The number of nitrogens with zero attached hydrogens (tertiary/aromatic N) is 3. The van der Waals surface area contributed by atoms with Gasteiger partial charge in [-0.15, -0.1) is 10.2 Å². The molecule has 2 aromatic heterocycles. The minimum Gasteiger partial charge on any atom is -0.497 e. The SMILES string of the molecule is COc1ccc(-c2nnc(COC(=O)Cn3c(=O)oc4ccccc43)o2)cc1. The van der Waals surface area contributed by atoms with Crippen molar-refractivity contribution in [1.82, 2.24) is 14.8 Å². The highest BCUT2D eigenvalue weighted by molar-refractivity contribution is 5.76. The van der Waals surface area contributed by atoms with Crippen LogP contribution in [-0.2, 0) is 22.7 Å². The van der Waals surface area contributed by atoms with Gasteiger partial charge in [-0.1, -0.05) is 12.1 Å². The Balaban J connectivity index is 1.40. The largest absolute Gasteiger partial charge is 0.497 e. The Bertz CT molecular complexity index is 1170. The van der Waals surface area contributed by atoms with Gasteiger partial charge in [0.25, 0.3) is 5.89 Å². The summed E-state index contributed by atoms with van der Waals surface area (Å²) in [6.07, 6.45) is 0. The van der Waals surface area contributed by atoms with Crippen molar-refractivity contribution in [3.05, 3.63) is 65.0 Å². The van der Waals surface area contributed by atoms with Crippen LogP contribution < -0.4 is 10.5 Å². The highest BCUT2D eigenvalue weighted by Gasteiger charge is 2.15. The summed E-state index contributed by atoms with van der Waals surface area (Å²) in [6, 6.07) is 13.9. The molecule has 4 rings (SSSR count). The van der Waals surface area contributed by atoms with Gasteiger partial charge in [-0.25, -0.2) is 4.79 Å². The predicted molar refractivity (Wildman–Crippen MR) is 96.6 cm³/mol. The van der Waals surface area contributed by atoms with Gasteiger partial charge in [0.2, 0.25) is 5.89 Å². The summed E-state index contributed by atoms with van der Waals surface area (Å²) in [5.41, 5.74) is 1.63. The van der Waals surface area contributed by atoms with E-state index in [4.69, 9.17) is 18.3 Å². The standard InChI is InChI=1S/C19H15N3O6/c1-25-13-8-6-12(7-9-13)18-21-20-16(28-18)11-26-17(23)10-22-14-4-2-3-5-15(14)27-19(22)24/h2-9H,10-11H2,1H3. The Hall–Kier alpha value is -3.88. The van der Waals surface area contributed by atoms with Crippen molar-refractivity contribution < 1.29 is 23.1 Å². The molecule has 0 aliphatic rings. The summed E-state index contributed by atoms with van der Waals surface area (Å²) < 4.78 is 22.0. The minimum atomic E-state index is -0.627. The lowest BCUT2D eigenvalue weighted by atomic mass is 10.2. The maximum atomic E-state index is 12.1. The molecule has 2 heterocycles. The molecule has 0 aliphatic heterocycles. The number of rotatable bonds is 6. The molecule has 0 amide bonds. The van der Waals surface area contributed by atoms with Gasteiger partial charge in [0.15, 0.2) is 12.2 Å². The first-order valence-corrected chi connectivity index (χ1v) is 8.35. The summed E-state index contributed by atoms with van der Waals surface area (Å²) in [7, 11) is 1.58. The first-order chi connectivity index (χ1) is 13.6. The molecule has 0 N–H and O–H groups in total. The normalized spacial score (nSPS) is 10.9. The van der Waals surface area contributed by atoms with E-state index < -0.39 is 11.7 Å². The molecule has 0 bridgehead atoms. The van der Waals surface area contributed by atoms with Gasteiger partial charge < -0.3 is 18.3 Å². The van der Waals surface area contributed by atoms with E-state index in [0.717, 1.165) is 0 Å². The first kappa shape index (κ1) is 17.5. The number of benzene rings is 2. The van der Waals surface area contributed by atoms with Crippen molar-refractivity contribution in [2.45, 2.75) is 13.2 Å². The second-order valence-corrected chi connectivity index (χ2v) is 5.81. The second-order valence-electron chi connectivity index (χ2n) is 5.81. The molecule has 0 radical (unpaired) electrons. The lowest BCUT2D eigenvalue weighted by molar-refractivity contribution is -0.146. The highest BCUT2D eigenvalue weighted by atomic mass is 16.5. The Morgan fingerprint density at radius 3 is 2.64 bits per heavy atom. The van der Waals surface area contributed by atoms with E-state index in [2.05, 4.69) is 10.2 Å². The van der Waals surface area contributed by atoms with E-state index in [1.807, 2.05) is 0 Å². The van der Waals surface area contributed by atoms with Gasteiger partial charge >= 0.3 is 11.7 Å². The molecule has 0 spiro atoms. The van der Waals surface area contributed by atoms with Crippen molar-refractivity contribution in [2.24, 2.45) is 0 Å². The monoisotopic (exact) mass is 381 g/mol. The van der Waals surface area contributed by atoms with Gasteiger partial charge in [0.05, 0.1) is 12.6 Å². The average Bonchev–Trinajstić information content (AvgIpc) is 3.31. The molecule has 4 aromatic rings. The summed E-state index contributed by atoms with van der Waals surface area (Å²) in [5, 5.41) is 7.79. The van der Waals surface area contributed by atoms with E-state index in [1.165, 1.54) is 4.57 Å². The smallest absolute Gasteiger partial charge is 0.420 e. The van der Waals surface area contributed by atoms with E-state index in [9.17, 15) is 9.59 Å². The van der Waals surface area contributed by atoms with Gasteiger partial charge in [0, 0.05) is 5.56 Å². The summed E-state index contributed by atoms with van der Waals surface area (Å²) >= 11 is 0. The van der Waals surface area contributed by atoms with Gasteiger partial charge in [-0.05, 0) is 36.4 Å². The number of ether oxygens (including phenoxy) is 2.